The Morgan fingerprint density at radius 2 is 2.19 bits per heavy atom. The smallest absolute Gasteiger partial charge is 0.396 e. The summed E-state index contributed by atoms with van der Waals surface area (Å²) >= 11 is 0. The SMILES string of the molecule is O=C(c1ccc(C(F)(F)F)cn1)N1CCCC1CCCO. The molecule has 1 amide bonds. The van der Waals surface area contributed by atoms with Gasteiger partial charge in [-0.1, -0.05) is 0 Å². The van der Waals surface area contributed by atoms with E-state index in [1.54, 1.807) is 4.90 Å². The molecule has 2 heterocycles. The van der Waals surface area contributed by atoms with Crippen LogP contribution < -0.4 is 0 Å². The highest BCUT2D eigenvalue weighted by Gasteiger charge is 2.32. The van der Waals surface area contributed by atoms with Gasteiger partial charge in [-0.05, 0) is 37.8 Å². The predicted octanol–water partition coefficient (Wildman–Crippen LogP) is 2.48. The maximum absolute atomic E-state index is 12.5. The molecule has 0 aliphatic carbocycles. The molecule has 0 radical (unpaired) electrons. The molecule has 1 fully saturated rings. The molecular formula is C14H17F3N2O2. The number of carbonyl (C=O) groups is 1. The summed E-state index contributed by atoms with van der Waals surface area (Å²) in [7, 11) is 0. The van der Waals surface area contributed by atoms with Crippen molar-refractivity contribution in [3.05, 3.63) is 29.6 Å². The Balaban J connectivity index is 2.08. The highest BCUT2D eigenvalue weighted by molar-refractivity contribution is 5.92. The molecule has 1 atom stereocenters. The van der Waals surface area contributed by atoms with Crippen molar-refractivity contribution in [2.24, 2.45) is 0 Å². The van der Waals surface area contributed by atoms with Crippen LogP contribution in [0.25, 0.3) is 0 Å². The Kier molecular flexibility index (Phi) is 4.82. The van der Waals surface area contributed by atoms with Crippen LogP contribution in [0.15, 0.2) is 18.3 Å². The van der Waals surface area contributed by atoms with Crippen molar-refractivity contribution in [3.8, 4) is 0 Å². The molecule has 0 bridgehead atoms. The third kappa shape index (κ3) is 3.72. The summed E-state index contributed by atoms with van der Waals surface area (Å²) in [5.74, 6) is -0.343. The van der Waals surface area contributed by atoms with Gasteiger partial charge in [0, 0.05) is 25.4 Å². The number of aliphatic hydroxyl groups is 1. The third-order valence-corrected chi connectivity index (χ3v) is 3.64. The first-order chi connectivity index (χ1) is 9.93. The van der Waals surface area contributed by atoms with Gasteiger partial charge in [0.2, 0.25) is 0 Å². The van der Waals surface area contributed by atoms with Crippen LogP contribution in [0.2, 0.25) is 0 Å². The van der Waals surface area contributed by atoms with E-state index in [2.05, 4.69) is 4.98 Å². The number of nitrogens with zero attached hydrogens (tertiary/aromatic N) is 2. The van der Waals surface area contributed by atoms with Gasteiger partial charge < -0.3 is 10.0 Å². The van der Waals surface area contributed by atoms with Crippen LogP contribution in [0, 0.1) is 0 Å². The summed E-state index contributed by atoms with van der Waals surface area (Å²) in [6.07, 6.45) is -0.746. The average Bonchev–Trinajstić information content (AvgIpc) is 2.92. The van der Waals surface area contributed by atoms with Crippen LogP contribution in [0.4, 0.5) is 13.2 Å². The molecule has 1 saturated heterocycles. The summed E-state index contributed by atoms with van der Waals surface area (Å²) < 4.78 is 37.4. The van der Waals surface area contributed by atoms with Crippen molar-refractivity contribution in [2.75, 3.05) is 13.2 Å². The molecule has 7 heteroatoms. The average molecular weight is 302 g/mol. The van der Waals surface area contributed by atoms with E-state index >= 15 is 0 Å². The van der Waals surface area contributed by atoms with Crippen LogP contribution in [0.3, 0.4) is 0 Å². The number of hydrogen-bond acceptors (Lipinski definition) is 3. The lowest BCUT2D eigenvalue weighted by molar-refractivity contribution is -0.137. The quantitative estimate of drug-likeness (QED) is 0.929. The van der Waals surface area contributed by atoms with Gasteiger partial charge in [-0.15, -0.1) is 0 Å². The Hall–Kier alpha value is -1.63. The molecule has 4 nitrogen and oxygen atoms in total. The van der Waals surface area contributed by atoms with Crippen LogP contribution in [0.5, 0.6) is 0 Å². The Morgan fingerprint density at radius 1 is 1.43 bits per heavy atom. The molecule has 1 N–H and O–H groups in total. The Bertz CT molecular complexity index is 488. The third-order valence-electron chi connectivity index (χ3n) is 3.64. The van der Waals surface area contributed by atoms with E-state index in [0.29, 0.717) is 25.6 Å². The molecule has 1 aromatic heterocycles. The molecule has 0 saturated carbocycles. The normalized spacial score (nSPS) is 19.0. The van der Waals surface area contributed by atoms with Gasteiger partial charge in [-0.3, -0.25) is 9.78 Å². The highest BCUT2D eigenvalue weighted by atomic mass is 19.4. The first-order valence-electron chi connectivity index (χ1n) is 6.88. The molecule has 0 spiro atoms. The fraction of sp³-hybridized carbons (Fsp3) is 0.571. The van der Waals surface area contributed by atoms with Crippen molar-refractivity contribution in [3.63, 3.8) is 0 Å². The number of halogens is 3. The zero-order valence-corrected chi connectivity index (χ0v) is 11.4. The summed E-state index contributed by atoms with van der Waals surface area (Å²) in [6, 6.07) is 2.03. The van der Waals surface area contributed by atoms with Gasteiger partial charge in [-0.2, -0.15) is 13.2 Å². The number of aromatic nitrogens is 1. The van der Waals surface area contributed by atoms with Crippen LogP contribution in [-0.4, -0.2) is 40.1 Å². The largest absolute Gasteiger partial charge is 0.417 e. The molecule has 116 valence electrons. The standard InChI is InChI=1S/C14H17F3N2O2/c15-14(16,17)10-5-6-12(18-9-10)13(21)19-7-1-3-11(19)4-2-8-20/h5-6,9,11,20H,1-4,7-8H2. The van der Waals surface area contributed by atoms with Gasteiger partial charge in [-0.25, -0.2) is 0 Å². The molecule has 1 aliphatic heterocycles. The number of alkyl halides is 3. The minimum atomic E-state index is -4.45. The summed E-state index contributed by atoms with van der Waals surface area (Å²) in [4.78, 5) is 17.6. The predicted molar refractivity (Wildman–Crippen MR) is 69.6 cm³/mol. The summed E-state index contributed by atoms with van der Waals surface area (Å²) in [5.41, 5.74) is -0.837. The van der Waals surface area contributed by atoms with Crippen molar-refractivity contribution in [2.45, 2.75) is 37.9 Å². The van der Waals surface area contributed by atoms with Gasteiger partial charge in [0.25, 0.3) is 5.91 Å². The molecule has 1 aliphatic rings. The second kappa shape index (κ2) is 6.43. The van der Waals surface area contributed by atoms with E-state index in [-0.39, 0.29) is 24.2 Å². The molecule has 0 aromatic carbocycles. The lowest BCUT2D eigenvalue weighted by Gasteiger charge is -2.24. The monoisotopic (exact) mass is 302 g/mol. The maximum Gasteiger partial charge on any atom is 0.417 e. The van der Waals surface area contributed by atoms with Crippen LogP contribution >= 0.6 is 0 Å². The molecular weight excluding hydrogens is 285 g/mol. The second-order valence-corrected chi connectivity index (χ2v) is 5.09. The molecule has 1 unspecified atom stereocenters. The number of rotatable bonds is 4. The van der Waals surface area contributed by atoms with Crippen molar-refractivity contribution < 1.29 is 23.1 Å². The Morgan fingerprint density at radius 3 is 2.76 bits per heavy atom. The number of likely N-dealkylation sites (tertiary alicyclic amines) is 1. The fourth-order valence-electron chi connectivity index (χ4n) is 2.57. The minimum Gasteiger partial charge on any atom is -0.396 e. The van der Waals surface area contributed by atoms with E-state index in [0.717, 1.165) is 25.0 Å². The van der Waals surface area contributed by atoms with Crippen LogP contribution in [0.1, 0.15) is 41.7 Å². The highest BCUT2D eigenvalue weighted by Crippen LogP contribution is 2.29. The molecule has 21 heavy (non-hydrogen) atoms. The van der Waals surface area contributed by atoms with Gasteiger partial charge in [0.1, 0.15) is 5.69 Å². The molecule has 1 aromatic rings. The van der Waals surface area contributed by atoms with Crippen molar-refractivity contribution in [1.29, 1.82) is 0 Å². The number of carbonyl (C=O) groups excluding carboxylic acids is 1. The topological polar surface area (TPSA) is 53.4 Å². The van der Waals surface area contributed by atoms with E-state index in [1.807, 2.05) is 0 Å². The van der Waals surface area contributed by atoms with Gasteiger partial charge in [0.15, 0.2) is 0 Å². The van der Waals surface area contributed by atoms with Crippen molar-refractivity contribution in [1.82, 2.24) is 9.88 Å². The number of aliphatic hydroxyl groups excluding tert-OH is 1. The van der Waals surface area contributed by atoms with Crippen LogP contribution in [-0.2, 0) is 6.18 Å². The first-order valence-corrected chi connectivity index (χ1v) is 6.88. The van der Waals surface area contributed by atoms with E-state index in [1.165, 1.54) is 0 Å². The lowest BCUT2D eigenvalue weighted by atomic mass is 10.1. The van der Waals surface area contributed by atoms with Crippen molar-refractivity contribution >= 4 is 5.91 Å². The second-order valence-electron chi connectivity index (χ2n) is 5.09. The number of pyridine rings is 1. The van der Waals surface area contributed by atoms with Gasteiger partial charge in [0.05, 0.1) is 5.56 Å². The van der Waals surface area contributed by atoms with Gasteiger partial charge >= 0.3 is 6.18 Å². The maximum atomic E-state index is 12.5. The van der Waals surface area contributed by atoms with E-state index in [9.17, 15) is 18.0 Å². The number of hydrogen-bond donors (Lipinski definition) is 1. The lowest BCUT2D eigenvalue weighted by Crippen LogP contribution is -2.36. The van der Waals surface area contributed by atoms with E-state index < -0.39 is 11.7 Å². The Labute approximate surface area is 120 Å². The minimum absolute atomic E-state index is 0.0268. The first kappa shape index (κ1) is 15.8. The summed E-state index contributed by atoms with van der Waals surface area (Å²) in [6.45, 7) is 0.648. The number of amides is 1. The zero-order valence-electron chi connectivity index (χ0n) is 11.4. The summed E-state index contributed by atoms with van der Waals surface area (Å²) in [5, 5.41) is 8.85. The fourth-order valence-corrected chi connectivity index (χ4v) is 2.57. The van der Waals surface area contributed by atoms with E-state index in [4.69, 9.17) is 5.11 Å². The zero-order chi connectivity index (χ0) is 15.5. The molecule has 2 rings (SSSR count).